The summed E-state index contributed by atoms with van der Waals surface area (Å²) in [6.07, 6.45) is 2.37. The van der Waals surface area contributed by atoms with Crippen molar-refractivity contribution in [3.63, 3.8) is 0 Å². The Morgan fingerprint density at radius 1 is 1.50 bits per heavy atom. The average molecular weight is 346 g/mol. The fourth-order valence-electron chi connectivity index (χ4n) is 3.05. The molecule has 0 radical (unpaired) electrons. The molecule has 1 fully saturated rings. The van der Waals surface area contributed by atoms with Crippen molar-refractivity contribution in [2.45, 2.75) is 26.3 Å². The number of pyridine rings is 1. The maximum atomic E-state index is 11.8. The average Bonchev–Trinajstić information content (AvgIpc) is 2.59. The maximum absolute atomic E-state index is 11.8. The zero-order valence-corrected chi connectivity index (χ0v) is 14.8. The van der Waals surface area contributed by atoms with Gasteiger partial charge in [-0.2, -0.15) is 5.10 Å². The highest BCUT2D eigenvalue weighted by molar-refractivity contribution is 7.80. The van der Waals surface area contributed by atoms with Crippen LogP contribution < -0.4 is 15.6 Å². The summed E-state index contributed by atoms with van der Waals surface area (Å²) in [5.74, 6) is 0.0152. The second-order valence-electron chi connectivity index (χ2n) is 6.01. The summed E-state index contributed by atoms with van der Waals surface area (Å²) in [7, 11) is 0. The van der Waals surface area contributed by atoms with Gasteiger partial charge >= 0.3 is 0 Å². The number of aromatic nitrogens is 1. The first-order valence-electron chi connectivity index (χ1n) is 8.15. The number of anilines is 1. The Kier molecular flexibility index (Phi) is 5.06. The van der Waals surface area contributed by atoms with Crippen LogP contribution in [0.3, 0.4) is 0 Å². The third-order valence-electron chi connectivity index (χ3n) is 4.35. The number of rotatable bonds is 1. The molecule has 0 aromatic carbocycles. The molecule has 3 rings (SSSR count). The molecule has 1 atom stereocenters. The molecule has 2 aliphatic heterocycles. The fraction of sp³-hybridized carbons (Fsp3) is 0.500. The molecule has 128 valence electrons. The summed E-state index contributed by atoms with van der Waals surface area (Å²) in [5.41, 5.74) is 5.38. The zero-order valence-electron chi connectivity index (χ0n) is 14.0. The van der Waals surface area contributed by atoms with Gasteiger partial charge in [-0.15, -0.1) is 0 Å². The van der Waals surface area contributed by atoms with Crippen LogP contribution in [0.15, 0.2) is 23.4 Å². The molecule has 1 aromatic heterocycles. The molecule has 1 saturated heterocycles. The minimum Gasteiger partial charge on any atom is -0.343 e. The molecular formula is C16H22N6OS. The van der Waals surface area contributed by atoms with Gasteiger partial charge in [0.1, 0.15) is 5.69 Å². The number of hydrazone groups is 1. The Hall–Kier alpha value is -2.06. The second kappa shape index (κ2) is 7.23. The van der Waals surface area contributed by atoms with Crippen molar-refractivity contribution in [2.24, 2.45) is 5.10 Å². The van der Waals surface area contributed by atoms with E-state index in [-0.39, 0.29) is 5.91 Å². The molecule has 1 unspecified atom stereocenters. The summed E-state index contributed by atoms with van der Waals surface area (Å²) in [6, 6.07) is 4.07. The molecule has 0 spiro atoms. The first-order valence-corrected chi connectivity index (χ1v) is 8.56. The number of nitrogens with one attached hydrogen (secondary N) is 2. The second-order valence-corrected chi connectivity index (χ2v) is 6.40. The van der Waals surface area contributed by atoms with Gasteiger partial charge in [-0.3, -0.25) is 15.2 Å². The van der Waals surface area contributed by atoms with E-state index in [0.29, 0.717) is 24.1 Å². The Labute approximate surface area is 147 Å². The van der Waals surface area contributed by atoms with Gasteiger partial charge < -0.3 is 15.1 Å². The molecule has 7 nitrogen and oxygen atoms in total. The van der Waals surface area contributed by atoms with Gasteiger partial charge in [0, 0.05) is 51.8 Å². The van der Waals surface area contributed by atoms with Crippen molar-refractivity contribution >= 4 is 34.6 Å². The number of fused-ring (bicyclic) bond motifs is 1. The van der Waals surface area contributed by atoms with Crippen molar-refractivity contribution in [1.29, 1.82) is 0 Å². The van der Waals surface area contributed by atoms with Gasteiger partial charge in [-0.1, -0.05) is 0 Å². The largest absolute Gasteiger partial charge is 0.343 e. The minimum absolute atomic E-state index is 0.0152. The predicted octanol–water partition coefficient (Wildman–Crippen LogP) is 0.711. The lowest BCUT2D eigenvalue weighted by atomic mass is 10.1. The van der Waals surface area contributed by atoms with Crippen LogP contribution in [0.2, 0.25) is 0 Å². The van der Waals surface area contributed by atoms with E-state index in [1.807, 2.05) is 12.1 Å². The predicted molar refractivity (Wildman–Crippen MR) is 98.2 cm³/mol. The molecule has 0 bridgehead atoms. The van der Waals surface area contributed by atoms with Crippen LogP contribution in [0, 0.1) is 0 Å². The van der Waals surface area contributed by atoms with Crippen LogP contribution >= 0.6 is 12.2 Å². The van der Waals surface area contributed by atoms with E-state index in [4.69, 9.17) is 12.2 Å². The highest BCUT2D eigenvalue weighted by atomic mass is 32.1. The SMILES string of the molecule is CC(=O)N1CC/C(=N/NC(=S)N2CCNCC2C)c2ncccc21. The van der Waals surface area contributed by atoms with E-state index in [1.54, 1.807) is 18.0 Å². The number of thiocarbonyl (C=S) groups is 1. The van der Waals surface area contributed by atoms with Crippen molar-refractivity contribution < 1.29 is 4.79 Å². The number of hydrogen-bond acceptors (Lipinski definition) is 5. The van der Waals surface area contributed by atoms with Gasteiger partial charge in [0.05, 0.1) is 11.4 Å². The maximum Gasteiger partial charge on any atom is 0.223 e. The van der Waals surface area contributed by atoms with E-state index < -0.39 is 0 Å². The lowest BCUT2D eigenvalue weighted by Crippen LogP contribution is -2.54. The van der Waals surface area contributed by atoms with Crippen molar-refractivity contribution in [2.75, 3.05) is 31.1 Å². The molecule has 1 aromatic rings. The van der Waals surface area contributed by atoms with Crippen LogP contribution in [0.1, 0.15) is 26.0 Å². The molecule has 0 aliphatic carbocycles. The third-order valence-corrected chi connectivity index (χ3v) is 4.68. The molecule has 2 aliphatic rings. The first-order chi connectivity index (χ1) is 11.6. The standard InChI is InChI=1S/C16H22N6OS/c1-11-10-17-7-9-21(11)16(24)20-19-13-5-8-22(12(2)23)14-4-3-6-18-15(13)14/h3-4,6,11,17H,5,7-10H2,1-2H3,(H,20,24)/b19-13-. The number of carbonyl (C=O) groups excluding carboxylic acids is 1. The van der Waals surface area contributed by atoms with Crippen LogP contribution in [-0.4, -0.2) is 58.8 Å². The molecule has 24 heavy (non-hydrogen) atoms. The van der Waals surface area contributed by atoms with E-state index >= 15 is 0 Å². The van der Waals surface area contributed by atoms with Gasteiger partial charge in [-0.05, 0) is 31.3 Å². The molecule has 3 heterocycles. The zero-order chi connectivity index (χ0) is 17.1. The van der Waals surface area contributed by atoms with Gasteiger partial charge in [-0.25, -0.2) is 0 Å². The molecule has 8 heteroatoms. The van der Waals surface area contributed by atoms with Crippen molar-refractivity contribution in [1.82, 2.24) is 20.6 Å². The molecule has 2 N–H and O–H groups in total. The smallest absolute Gasteiger partial charge is 0.223 e. The normalized spacial score (nSPS) is 22.2. The molecule has 0 saturated carbocycles. The number of hydrogen-bond donors (Lipinski definition) is 2. The lowest BCUT2D eigenvalue weighted by Gasteiger charge is -2.35. The Balaban J connectivity index is 1.77. The number of piperazine rings is 1. The summed E-state index contributed by atoms with van der Waals surface area (Å²) in [6.45, 7) is 7.00. The van der Waals surface area contributed by atoms with Crippen LogP contribution in [0.5, 0.6) is 0 Å². The van der Waals surface area contributed by atoms with Gasteiger partial charge in [0.25, 0.3) is 0 Å². The first kappa shape index (κ1) is 16.8. The summed E-state index contributed by atoms with van der Waals surface area (Å²) in [5, 5.41) is 8.46. The topological polar surface area (TPSA) is 72.9 Å². The fourth-order valence-corrected chi connectivity index (χ4v) is 3.37. The summed E-state index contributed by atoms with van der Waals surface area (Å²) in [4.78, 5) is 20.1. The summed E-state index contributed by atoms with van der Waals surface area (Å²) < 4.78 is 0. The monoisotopic (exact) mass is 346 g/mol. The van der Waals surface area contributed by atoms with Crippen LogP contribution in [0.25, 0.3) is 0 Å². The van der Waals surface area contributed by atoms with Gasteiger partial charge in [0.15, 0.2) is 5.11 Å². The van der Waals surface area contributed by atoms with Crippen LogP contribution in [-0.2, 0) is 4.79 Å². The Morgan fingerprint density at radius 2 is 2.33 bits per heavy atom. The highest BCUT2D eigenvalue weighted by Gasteiger charge is 2.26. The Bertz CT molecular complexity index is 676. The number of nitrogens with zero attached hydrogens (tertiary/aromatic N) is 4. The lowest BCUT2D eigenvalue weighted by molar-refractivity contribution is -0.116. The van der Waals surface area contributed by atoms with E-state index in [2.05, 4.69) is 32.7 Å². The van der Waals surface area contributed by atoms with E-state index in [9.17, 15) is 4.79 Å². The molecule has 1 amide bonds. The number of carbonyl (C=O) groups is 1. The number of amides is 1. The Morgan fingerprint density at radius 3 is 3.08 bits per heavy atom. The van der Waals surface area contributed by atoms with E-state index in [0.717, 1.165) is 36.7 Å². The quantitative estimate of drug-likeness (QED) is 0.576. The highest BCUT2D eigenvalue weighted by Crippen LogP contribution is 2.25. The van der Waals surface area contributed by atoms with Crippen LogP contribution in [0.4, 0.5) is 5.69 Å². The van der Waals surface area contributed by atoms with Crippen molar-refractivity contribution in [3.05, 3.63) is 24.0 Å². The summed E-state index contributed by atoms with van der Waals surface area (Å²) >= 11 is 5.48. The molecular weight excluding hydrogens is 324 g/mol. The third kappa shape index (κ3) is 3.39. The van der Waals surface area contributed by atoms with E-state index in [1.165, 1.54) is 0 Å². The van der Waals surface area contributed by atoms with Gasteiger partial charge in [0.2, 0.25) is 5.91 Å². The van der Waals surface area contributed by atoms with Crippen molar-refractivity contribution in [3.8, 4) is 0 Å². The minimum atomic E-state index is 0.0152.